The minimum absolute atomic E-state index is 0.0519. The maximum absolute atomic E-state index is 11.9. The lowest BCUT2D eigenvalue weighted by Gasteiger charge is -2.13. The molecule has 0 saturated carbocycles. The maximum Gasteiger partial charge on any atom is 0.311 e. The summed E-state index contributed by atoms with van der Waals surface area (Å²) >= 11 is 5.79. The van der Waals surface area contributed by atoms with Gasteiger partial charge in [0.1, 0.15) is 5.75 Å². The molecule has 0 fully saturated rings. The molecule has 0 aliphatic carbocycles. The molecule has 27 heavy (non-hydrogen) atoms. The molecular weight excluding hydrogens is 368 g/mol. The summed E-state index contributed by atoms with van der Waals surface area (Å²) in [5, 5.41) is 0.375. The number of hydrogen-bond donors (Lipinski definition) is 0. The fourth-order valence-corrected chi connectivity index (χ4v) is 2.82. The third-order valence-corrected chi connectivity index (χ3v) is 4.39. The van der Waals surface area contributed by atoms with Crippen LogP contribution < -0.4 is 4.74 Å². The van der Waals surface area contributed by atoms with E-state index in [0.717, 1.165) is 19.3 Å². The quantitative estimate of drug-likeness (QED) is 0.190. The second-order valence-electron chi connectivity index (χ2n) is 6.63. The van der Waals surface area contributed by atoms with Crippen molar-refractivity contribution in [2.75, 3.05) is 0 Å². The largest absolute Gasteiger partial charge is 0.463 e. The zero-order chi connectivity index (χ0) is 20.1. The van der Waals surface area contributed by atoms with Crippen LogP contribution in [0.3, 0.4) is 0 Å². The standard InChI is InChI=1S/C21H29ClO5/c1-3-4-5-6-7-8-9-16(2)26-20(24)12-13-21(25)27-19-11-10-18(22)14-17(19)15-23/h10-11,14-16H,3-9,12-13H2,1-2H3. The summed E-state index contributed by atoms with van der Waals surface area (Å²) in [5.74, 6) is -0.887. The Kier molecular flexibility index (Phi) is 11.4. The Morgan fingerprint density at radius 3 is 2.44 bits per heavy atom. The Balaban J connectivity index is 2.25. The highest BCUT2D eigenvalue weighted by Gasteiger charge is 2.14. The average Bonchev–Trinajstić information content (AvgIpc) is 2.64. The molecule has 1 rings (SSSR count). The van der Waals surface area contributed by atoms with Crippen molar-refractivity contribution in [2.45, 2.75) is 77.7 Å². The first-order valence-electron chi connectivity index (χ1n) is 9.61. The molecule has 0 N–H and O–H groups in total. The molecular formula is C21H29ClO5. The number of aldehydes is 1. The van der Waals surface area contributed by atoms with Crippen LogP contribution in [0.5, 0.6) is 5.75 Å². The van der Waals surface area contributed by atoms with Gasteiger partial charge in [0.2, 0.25) is 0 Å². The van der Waals surface area contributed by atoms with Crippen LogP contribution in [0.1, 0.15) is 82.0 Å². The third kappa shape index (κ3) is 10.1. The Morgan fingerprint density at radius 2 is 1.74 bits per heavy atom. The van der Waals surface area contributed by atoms with Crippen molar-refractivity contribution >= 4 is 29.8 Å². The minimum atomic E-state index is -0.596. The molecule has 0 aromatic heterocycles. The van der Waals surface area contributed by atoms with E-state index in [4.69, 9.17) is 21.1 Å². The average molecular weight is 397 g/mol. The van der Waals surface area contributed by atoms with Gasteiger partial charge in [0, 0.05) is 5.02 Å². The highest BCUT2D eigenvalue weighted by Crippen LogP contribution is 2.22. The summed E-state index contributed by atoms with van der Waals surface area (Å²) in [5.41, 5.74) is 0.186. The van der Waals surface area contributed by atoms with E-state index in [1.165, 1.54) is 43.9 Å². The van der Waals surface area contributed by atoms with Crippen LogP contribution in [-0.4, -0.2) is 24.3 Å². The number of rotatable bonds is 13. The molecule has 0 radical (unpaired) electrons. The van der Waals surface area contributed by atoms with Gasteiger partial charge in [-0.05, 0) is 38.0 Å². The van der Waals surface area contributed by atoms with Gasteiger partial charge in [0.25, 0.3) is 0 Å². The van der Waals surface area contributed by atoms with Gasteiger partial charge in [-0.25, -0.2) is 0 Å². The number of halogens is 1. The number of benzene rings is 1. The van der Waals surface area contributed by atoms with Crippen molar-refractivity contribution in [1.29, 1.82) is 0 Å². The predicted molar refractivity (Wildman–Crippen MR) is 105 cm³/mol. The fraction of sp³-hybridized carbons (Fsp3) is 0.571. The Labute approximate surface area is 166 Å². The van der Waals surface area contributed by atoms with E-state index in [0.29, 0.717) is 11.3 Å². The highest BCUT2D eigenvalue weighted by molar-refractivity contribution is 6.30. The molecule has 0 aliphatic heterocycles. The fourth-order valence-electron chi connectivity index (χ4n) is 2.64. The van der Waals surface area contributed by atoms with Crippen molar-refractivity contribution in [1.82, 2.24) is 0 Å². The van der Waals surface area contributed by atoms with E-state index >= 15 is 0 Å². The Hall–Kier alpha value is -1.88. The maximum atomic E-state index is 11.9. The van der Waals surface area contributed by atoms with Gasteiger partial charge in [-0.2, -0.15) is 0 Å². The molecule has 1 aromatic rings. The lowest BCUT2D eigenvalue weighted by molar-refractivity contribution is -0.151. The summed E-state index contributed by atoms with van der Waals surface area (Å²) < 4.78 is 10.4. The van der Waals surface area contributed by atoms with Crippen LogP contribution in [0, 0.1) is 0 Å². The molecule has 1 aromatic carbocycles. The zero-order valence-corrected chi connectivity index (χ0v) is 16.9. The summed E-state index contributed by atoms with van der Waals surface area (Å²) in [4.78, 5) is 34.7. The van der Waals surface area contributed by atoms with Gasteiger partial charge in [0.15, 0.2) is 6.29 Å². The smallest absolute Gasteiger partial charge is 0.311 e. The number of ether oxygens (including phenoxy) is 2. The second-order valence-corrected chi connectivity index (χ2v) is 7.07. The normalized spacial score (nSPS) is 11.7. The van der Waals surface area contributed by atoms with E-state index in [-0.39, 0.29) is 30.3 Å². The van der Waals surface area contributed by atoms with Gasteiger partial charge in [-0.15, -0.1) is 0 Å². The summed E-state index contributed by atoms with van der Waals surface area (Å²) in [6, 6.07) is 4.38. The molecule has 6 heteroatoms. The highest BCUT2D eigenvalue weighted by atomic mass is 35.5. The van der Waals surface area contributed by atoms with Crippen molar-refractivity contribution in [3.63, 3.8) is 0 Å². The van der Waals surface area contributed by atoms with E-state index < -0.39 is 11.9 Å². The lowest BCUT2D eigenvalue weighted by atomic mass is 10.1. The van der Waals surface area contributed by atoms with Crippen molar-refractivity contribution < 1.29 is 23.9 Å². The van der Waals surface area contributed by atoms with Crippen LogP contribution >= 0.6 is 11.6 Å². The number of unbranched alkanes of at least 4 members (excludes halogenated alkanes) is 5. The SMILES string of the molecule is CCCCCCCCC(C)OC(=O)CCC(=O)Oc1ccc(Cl)cc1C=O. The number of esters is 2. The molecule has 0 heterocycles. The number of hydrogen-bond acceptors (Lipinski definition) is 5. The predicted octanol–water partition coefficient (Wildman–Crippen LogP) is 5.52. The first-order valence-corrected chi connectivity index (χ1v) is 9.99. The summed E-state index contributed by atoms with van der Waals surface area (Å²) in [7, 11) is 0. The molecule has 0 amide bonds. The van der Waals surface area contributed by atoms with Crippen LogP contribution in [0.25, 0.3) is 0 Å². The molecule has 0 aliphatic rings. The molecule has 0 bridgehead atoms. The Bertz CT molecular complexity index is 615. The lowest BCUT2D eigenvalue weighted by Crippen LogP contribution is -2.17. The summed E-state index contributed by atoms with van der Waals surface area (Å²) in [6.07, 6.45) is 8.23. The van der Waals surface area contributed by atoms with Crippen LogP contribution in [0.15, 0.2) is 18.2 Å². The molecule has 150 valence electrons. The minimum Gasteiger partial charge on any atom is -0.463 e. The van der Waals surface area contributed by atoms with Gasteiger partial charge in [-0.3, -0.25) is 14.4 Å². The molecule has 0 spiro atoms. The van der Waals surface area contributed by atoms with E-state index in [2.05, 4.69) is 6.92 Å². The summed E-state index contributed by atoms with van der Waals surface area (Å²) in [6.45, 7) is 4.06. The van der Waals surface area contributed by atoms with E-state index in [1.807, 2.05) is 6.92 Å². The molecule has 1 atom stereocenters. The molecule has 0 saturated heterocycles. The molecule has 5 nitrogen and oxygen atoms in total. The van der Waals surface area contributed by atoms with Gasteiger partial charge < -0.3 is 9.47 Å². The Morgan fingerprint density at radius 1 is 1.07 bits per heavy atom. The molecule has 1 unspecified atom stereocenters. The number of carbonyl (C=O) groups excluding carboxylic acids is 3. The van der Waals surface area contributed by atoms with E-state index in [1.54, 1.807) is 0 Å². The second kappa shape index (κ2) is 13.3. The van der Waals surface area contributed by atoms with Crippen LogP contribution in [-0.2, 0) is 14.3 Å². The van der Waals surface area contributed by atoms with Crippen LogP contribution in [0.2, 0.25) is 5.02 Å². The van der Waals surface area contributed by atoms with Crippen molar-refractivity contribution in [3.05, 3.63) is 28.8 Å². The van der Waals surface area contributed by atoms with E-state index in [9.17, 15) is 14.4 Å². The monoisotopic (exact) mass is 396 g/mol. The van der Waals surface area contributed by atoms with Crippen molar-refractivity contribution in [3.8, 4) is 5.75 Å². The van der Waals surface area contributed by atoms with Gasteiger partial charge in [0.05, 0.1) is 24.5 Å². The topological polar surface area (TPSA) is 69.7 Å². The third-order valence-electron chi connectivity index (χ3n) is 4.15. The zero-order valence-electron chi connectivity index (χ0n) is 16.2. The number of carbonyl (C=O) groups is 3. The first-order chi connectivity index (χ1) is 13.0. The van der Waals surface area contributed by atoms with Crippen molar-refractivity contribution in [2.24, 2.45) is 0 Å². The van der Waals surface area contributed by atoms with Gasteiger partial charge >= 0.3 is 11.9 Å². The van der Waals surface area contributed by atoms with Crippen LogP contribution in [0.4, 0.5) is 0 Å². The first kappa shape index (κ1) is 23.2. The van der Waals surface area contributed by atoms with Gasteiger partial charge in [-0.1, -0.05) is 50.6 Å².